The van der Waals surface area contributed by atoms with Gasteiger partial charge in [-0.05, 0) is 59.1 Å². The molecule has 20 heavy (non-hydrogen) atoms. The Morgan fingerprint density at radius 1 is 1.40 bits per heavy atom. The molecule has 1 aromatic carbocycles. The lowest BCUT2D eigenvalue weighted by Crippen LogP contribution is -2.32. The van der Waals surface area contributed by atoms with Gasteiger partial charge in [-0.3, -0.25) is 4.79 Å². The molecule has 0 aliphatic heterocycles. The van der Waals surface area contributed by atoms with Crippen LogP contribution in [-0.4, -0.2) is 16.8 Å². The molecule has 0 saturated heterocycles. The van der Waals surface area contributed by atoms with Crippen LogP contribution in [0.1, 0.15) is 29.0 Å². The zero-order valence-electron chi connectivity index (χ0n) is 10.9. The summed E-state index contributed by atoms with van der Waals surface area (Å²) in [5.74, 6) is 0.804. The molecule has 1 aliphatic rings. The highest BCUT2D eigenvalue weighted by atomic mass is 79.9. The summed E-state index contributed by atoms with van der Waals surface area (Å²) in [6, 6.07) is 9.35. The maximum Gasteiger partial charge on any atom is 0.254 e. The summed E-state index contributed by atoms with van der Waals surface area (Å²) in [7, 11) is 0. The normalized spacial score (nSPS) is 14.2. The first kappa shape index (κ1) is 13.2. The van der Waals surface area contributed by atoms with E-state index in [2.05, 4.69) is 15.9 Å². The minimum Gasteiger partial charge on any atom is -0.467 e. The molecular formula is C15H15BrN2O2. The number of amides is 1. The number of hydrogen-bond acceptors (Lipinski definition) is 3. The van der Waals surface area contributed by atoms with E-state index in [1.54, 1.807) is 24.5 Å². The van der Waals surface area contributed by atoms with Crippen LogP contribution >= 0.6 is 15.9 Å². The van der Waals surface area contributed by atoms with Crippen molar-refractivity contribution in [3.8, 4) is 0 Å². The molecule has 0 unspecified atom stereocenters. The summed E-state index contributed by atoms with van der Waals surface area (Å²) in [6.07, 6.45) is 3.74. The van der Waals surface area contributed by atoms with Crippen LogP contribution in [-0.2, 0) is 6.54 Å². The molecule has 5 heteroatoms. The van der Waals surface area contributed by atoms with Crippen molar-refractivity contribution >= 4 is 27.5 Å². The number of anilines is 1. The Labute approximate surface area is 125 Å². The van der Waals surface area contributed by atoms with Gasteiger partial charge in [0.2, 0.25) is 0 Å². The molecule has 0 atom stereocenters. The van der Waals surface area contributed by atoms with E-state index in [1.807, 2.05) is 17.0 Å². The smallest absolute Gasteiger partial charge is 0.254 e. The minimum absolute atomic E-state index is 0.00287. The SMILES string of the molecule is Nc1cc(C(=O)N(Cc2ccco2)C2CC2)ccc1Br. The Morgan fingerprint density at radius 2 is 2.20 bits per heavy atom. The maximum atomic E-state index is 12.6. The van der Waals surface area contributed by atoms with Crippen LogP contribution in [0.15, 0.2) is 45.5 Å². The molecule has 2 N–H and O–H groups in total. The molecule has 1 heterocycles. The topological polar surface area (TPSA) is 59.5 Å². The van der Waals surface area contributed by atoms with Gasteiger partial charge in [0.05, 0.1) is 12.8 Å². The van der Waals surface area contributed by atoms with Crippen molar-refractivity contribution < 1.29 is 9.21 Å². The Morgan fingerprint density at radius 3 is 2.80 bits per heavy atom. The van der Waals surface area contributed by atoms with Gasteiger partial charge >= 0.3 is 0 Å². The second-order valence-electron chi connectivity index (χ2n) is 4.98. The second kappa shape index (κ2) is 5.32. The first-order valence-corrected chi connectivity index (χ1v) is 7.33. The summed E-state index contributed by atoms with van der Waals surface area (Å²) < 4.78 is 6.15. The monoisotopic (exact) mass is 334 g/mol. The van der Waals surface area contributed by atoms with E-state index in [9.17, 15) is 4.79 Å². The number of nitrogen functional groups attached to an aromatic ring is 1. The first-order valence-electron chi connectivity index (χ1n) is 6.53. The summed E-state index contributed by atoms with van der Waals surface area (Å²) in [5.41, 5.74) is 7.04. The molecule has 4 nitrogen and oxygen atoms in total. The lowest BCUT2D eigenvalue weighted by Gasteiger charge is -2.21. The van der Waals surface area contributed by atoms with Crippen molar-refractivity contribution in [2.24, 2.45) is 0 Å². The molecule has 0 radical (unpaired) electrons. The summed E-state index contributed by atoms with van der Waals surface area (Å²) >= 11 is 3.34. The Balaban J connectivity index is 1.83. The van der Waals surface area contributed by atoms with E-state index >= 15 is 0 Å². The van der Waals surface area contributed by atoms with E-state index in [1.165, 1.54) is 0 Å². The number of nitrogens with two attached hydrogens (primary N) is 1. The van der Waals surface area contributed by atoms with Crippen LogP contribution in [0.4, 0.5) is 5.69 Å². The van der Waals surface area contributed by atoms with Gasteiger partial charge < -0.3 is 15.1 Å². The number of carbonyl (C=O) groups excluding carboxylic acids is 1. The van der Waals surface area contributed by atoms with Gasteiger partial charge in [-0.2, -0.15) is 0 Å². The number of halogens is 1. The lowest BCUT2D eigenvalue weighted by molar-refractivity contribution is 0.0717. The number of nitrogens with zero attached hydrogens (tertiary/aromatic N) is 1. The maximum absolute atomic E-state index is 12.6. The molecule has 3 rings (SSSR count). The van der Waals surface area contributed by atoms with Gasteiger partial charge in [0.15, 0.2) is 0 Å². The van der Waals surface area contributed by atoms with Crippen LogP contribution in [0, 0.1) is 0 Å². The standard InChI is InChI=1S/C15H15BrN2O2/c16-13-6-3-10(8-14(13)17)15(19)18(11-4-5-11)9-12-2-1-7-20-12/h1-3,6-8,11H,4-5,9,17H2. The minimum atomic E-state index is 0.00287. The van der Waals surface area contributed by atoms with E-state index in [0.717, 1.165) is 23.1 Å². The van der Waals surface area contributed by atoms with E-state index in [0.29, 0.717) is 23.8 Å². The highest BCUT2D eigenvalue weighted by Crippen LogP contribution is 2.31. The third-order valence-corrected chi connectivity index (χ3v) is 4.12. The van der Waals surface area contributed by atoms with Gasteiger partial charge in [0.1, 0.15) is 5.76 Å². The molecule has 1 fully saturated rings. The van der Waals surface area contributed by atoms with Crippen LogP contribution in [0.25, 0.3) is 0 Å². The predicted octanol–water partition coefficient (Wildman–Crippen LogP) is 3.43. The van der Waals surface area contributed by atoms with Gasteiger partial charge in [0, 0.05) is 21.8 Å². The predicted molar refractivity (Wildman–Crippen MR) is 80.2 cm³/mol. The number of hydrogen-bond donors (Lipinski definition) is 1. The van der Waals surface area contributed by atoms with Gasteiger partial charge in [-0.15, -0.1) is 0 Å². The fraction of sp³-hybridized carbons (Fsp3) is 0.267. The molecule has 1 aliphatic carbocycles. The third-order valence-electron chi connectivity index (χ3n) is 3.40. The van der Waals surface area contributed by atoms with Crippen molar-refractivity contribution in [2.75, 3.05) is 5.73 Å². The van der Waals surface area contributed by atoms with Crippen LogP contribution < -0.4 is 5.73 Å². The molecule has 0 spiro atoms. The quantitative estimate of drug-likeness (QED) is 0.871. The Bertz CT molecular complexity index is 621. The van der Waals surface area contributed by atoms with Gasteiger partial charge in [-0.25, -0.2) is 0 Å². The number of carbonyl (C=O) groups is 1. The van der Waals surface area contributed by atoms with E-state index in [4.69, 9.17) is 10.2 Å². The largest absolute Gasteiger partial charge is 0.467 e. The Hall–Kier alpha value is -1.75. The van der Waals surface area contributed by atoms with Crippen LogP contribution in [0.2, 0.25) is 0 Å². The van der Waals surface area contributed by atoms with Crippen molar-refractivity contribution in [1.82, 2.24) is 4.90 Å². The van der Waals surface area contributed by atoms with Crippen LogP contribution in [0.3, 0.4) is 0 Å². The van der Waals surface area contributed by atoms with Gasteiger partial charge in [-0.1, -0.05) is 0 Å². The summed E-state index contributed by atoms with van der Waals surface area (Å²) in [4.78, 5) is 14.5. The highest BCUT2D eigenvalue weighted by molar-refractivity contribution is 9.10. The van der Waals surface area contributed by atoms with Crippen molar-refractivity contribution in [2.45, 2.75) is 25.4 Å². The summed E-state index contributed by atoms with van der Waals surface area (Å²) in [6.45, 7) is 0.506. The van der Waals surface area contributed by atoms with Crippen molar-refractivity contribution in [1.29, 1.82) is 0 Å². The number of benzene rings is 1. The molecule has 104 valence electrons. The fourth-order valence-corrected chi connectivity index (χ4v) is 2.41. The van der Waals surface area contributed by atoms with Crippen molar-refractivity contribution in [3.63, 3.8) is 0 Å². The second-order valence-corrected chi connectivity index (χ2v) is 5.83. The lowest BCUT2D eigenvalue weighted by atomic mass is 10.1. The molecule has 1 saturated carbocycles. The zero-order valence-corrected chi connectivity index (χ0v) is 12.5. The fourth-order valence-electron chi connectivity index (χ4n) is 2.17. The number of rotatable bonds is 4. The van der Waals surface area contributed by atoms with Crippen LogP contribution in [0.5, 0.6) is 0 Å². The van der Waals surface area contributed by atoms with Crippen molar-refractivity contribution in [3.05, 3.63) is 52.4 Å². The average Bonchev–Trinajstić information content (AvgIpc) is 3.15. The first-order chi connectivity index (χ1) is 9.65. The number of furan rings is 1. The zero-order chi connectivity index (χ0) is 14.1. The van der Waals surface area contributed by atoms with E-state index in [-0.39, 0.29) is 5.91 Å². The molecule has 0 bridgehead atoms. The summed E-state index contributed by atoms with van der Waals surface area (Å²) in [5, 5.41) is 0. The van der Waals surface area contributed by atoms with E-state index < -0.39 is 0 Å². The molecule has 2 aromatic rings. The third kappa shape index (κ3) is 2.72. The highest BCUT2D eigenvalue weighted by Gasteiger charge is 2.33. The molecule has 1 aromatic heterocycles. The molecule has 1 amide bonds. The average molecular weight is 335 g/mol. The Kier molecular flexibility index (Phi) is 3.53. The molecular weight excluding hydrogens is 320 g/mol. The van der Waals surface area contributed by atoms with Gasteiger partial charge in [0.25, 0.3) is 5.91 Å².